The maximum absolute atomic E-state index is 12.1. The maximum Gasteiger partial charge on any atom is 0.341 e. The van der Waals surface area contributed by atoms with Crippen LogP contribution in [0.3, 0.4) is 0 Å². The van der Waals surface area contributed by atoms with Crippen LogP contribution < -0.4 is 5.32 Å². The van der Waals surface area contributed by atoms with Crippen LogP contribution in [0.5, 0.6) is 0 Å². The van der Waals surface area contributed by atoms with Crippen LogP contribution in [0.2, 0.25) is 0 Å². The second-order valence-corrected chi connectivity index (χ2v) is 6.66. The minimum Gasteiger partial charge on any atom is -0.462 e. The molecule has 0 saturated carbocycles. The third-order valence-corrected chi connectivity index (χ3v) is 4.66. The lowest BCUT2D eigenvalue weighted by molar-refractivity contribution is -0.119. The van der Waals surface area contributed by atoms with Crippen LogP contribution in [-0.4, -0.2) is 31.1 Å². The molecule has 0 saturated heterocycles. The van der Waals surface area contributed by atoms with Gasteiger partial charge in [0, 0.05) is 4.88 Å². The molecule has 6 nitrogen and oxygen atoms in total. The molecular formula is C19H21NO5S. The lowest BCUT2D eigenvalue weighted by Gasteiger charge is -2.07. The number of carbonyl (C=O) groups is 3. The summed E-state index contributed by atoms with van der Waals surface area (Å²) in [7, 11) is 0. The number of rotatable bonds is 7. The van der Waals surface area contributed by atoms with Gasteiger partial charge in [-0.05, 0) is 38.5 Å². The van der Waals surface area contributed by atoms with E-state index in [9.17, 15) is 14.4 Å². The molecule has 0 bridgehead atoms. The summed E-state index contributed by atoms with van der Waals surface area (Å²) in [6.45, 7) is 5.35. The third kappa shape index (κ3) is 5.16. The van der Waals surface area contributed by atoms with Crippen molar-refractivity contribution in [3.8, 4) is 0 Å². The van der Waals surface area contributed by atoms with E-state index in [-0.39, 0.29) is 6.61 Å². The Kier molecular flexibility index (Phi) is 6.91. The average molecular weight is 375 g/mol. The molecule has 1 aromatic heterocycles. The molecule has 1 aromatic carbocycles. The van der Waals surface area contributed by atoms with E-state index in [1.54, 1.807) is 31.2 Å². The quantitative estimate of drug-likeness (QED) is 0.748. The van der Waals surface area contributed by atoms with Gasteiger partial charge in [0.1, 0.15) is 5.00 Å². The van der Waals surface area contributed by atoms with Crippen molar-refractivity contribution < 1.29 is 23.9 Å². The molecule has 1 N–H and O–H groups in total. The molecule has 0 unspecified atom stereocenters. The van der Waals surface area contributed by atoms with Crippen molar-refractivity contribution >= 4 is 34.2 Å². The van der Waals surface area contributed by atoms with Crippen LogP contribution in [0, 0.1) is 6.92 Å². The number of nitrogens with one attached hydrogen (secondary N) is 1. The molecule has 1 amide bonds. The maximum atomic E-state index is 12.1. The van der Waals surface area contributed by atoms with Gasteiger partial charge in [-0.1, -0.05) is 24.6 Å². The number of hydrogen-bond acceptors (Lipinski definition) is 6. The normalized spacial score (nSPS) is 10.3. The number of anilines is 1. The van der Waals surface area contributed by atoms with Gasteiger partial charge in [-0.15, -0.1) is 11.3 Å². The molecule has 0 aliphatic heterocycles. The first kappa shape index (κ1) is 19.7. The Morgan fingerprint density at radius 1 is 1.08 bits per heavy atom. The van der Waals surface area contributed by atoms with Crippen molar-refractivity contribution in [2.45, 2.75) is 27.2 Å². The van der Waals surface area contributed by atoms with Crippen molar-refractivity contribution in [1.29, 1.82) is 0 Å². The number of benzene rings is 1. The summed E-state index contributed by atoms with van der Waals surface area (Å²) in [5.74, 6) is -1.58. The highest BCUT2D eigenvalue weighted by atomic mass is 32.1. The van der Waals surface area contributed by atoms with Gasteiger partial charge in [0.15, 0.2) is 6.61 Å². The van der Waals surface area contributed by atoms with E-state index in [1.165, 1.54) is 11.3 Å². The van der Waals surface area contributed by atoms with E-state index in [2.05, 4.69) is 5.32 Å². The van der Waals surface area contributed by atoms with Crippen molar-refractivity contribution in [1.82, 2.24) is 0 Å². The second-order valence-electron chi connectivity index (χ2n) is 5.52. The van der Waals surface area contributed by atoms with Crippen molar-refractivity contribution in [3.05, 3.63) is 51.9 Å². The van der Waals surface area contributed by atoms with Gasteiger partial charge < -0.3 is 14.8 Å². The zero-order valence-corrected chi connectivity index (χ0v) is 15.8. The molecule has 26 heavy (non-hydrogen) atoms. The summed E-state index contributed by atoms with van der Waals surface area (Å²) < 4.78 is 10.0. The van der Waals surface area contributed by atoms with Crippen molar-refractivity contribution in [3.63, 3.8) is 0 Å². The molecule has 1 heterocycles. The third-order valence-electron chi connectivity index (χ3n) is 3.47. The zero-order valence-electron chi connectivity index (χ0n) is 15.0. The van der Waals surface area contributed by atoms with E-state index < -0.39 is 24.5 Å². The SMILES string of the molecule is CCOC(=O)c1cc(CC)sc1NC(=O)COC(=O)c1cccc(C)c1. The van der Waals surface area contributed by atoms with Gasteiger partial charge in [0.25, 0.3) is 5.91 Å². The summed E-state index contributed by atoms with van der Waals surface area (Å²) in [6, 6.07) is 8.62. The molecule has 7 heteroatoms. The fraction of sp³-hybridized carbons (Fsp3) is 0.316. The predicted octanol–water partition coefficient (Wildman–Crippen LogP) is 3.59. The molecule has 2 aromatic rings. The van der Waals surface area contributed by atoms with Crippen molar-refractivity contribution in [2.24, 2.45) is 0 Å². The Balaban J connectivity index is 2.00. The summed E-state index contributed by atoms with van der Waals surface area (Å²) in [6.07, 6.45) is 0.731. The molecule has 0 aliphatic rings. The van der Waals surface area contributed by atoms with Gasteiger partial charge in [-0.25, -0.2) is 9.59 Å². The highest BCUT2D eigenvalue weighted by Crippen LogP contribution is 2.29. The van der Waals surface area contributed by atoms with Crippen LogP contribution in [0.25, 0.3) is 0 Å². The van der Waals surface area contributed by atoms with Gasteiger partial charge >= 0.3 is 11.9 Å². The summed E-state index contributed by atoms with van der Waals surface area (Å²) in [5, 5.41) is 3.02. The number of hydrogen-bond donors (Lipinski definition) is 1. The first-order chi connectivity index (χ1) is 12.4. The van der Waals surface area contributed by atoms with Gasteiger partial charge in [-0.2, -0.15) is 0 Å². The summed E-state index contributed by atoms with van der Waals surface area (Å²) in [4.78, 5) is 37.1. The largest absolute Gasteiger partial charge is 0.462 e. The molecule has 138 valence electrons. The van der Waals surface area contributed by atoms with E-state index in [0.29, 0.717) is 16.1 Å². The lowest BCUT2D eigenvalue weighted by atomic mass is 10.1. The monoisotopic (exact) mass is 375 g/mol. The van der Waals surface area contributed by atoms with Crippen LogP contribution in [0.1, 0.15) is 45.0 Å². The molecule has 0 atom stereocenters. The molecule has 0 radical (unpaired) electrons. The number of carbonyl (C=O) groups excluding carboxylic acids is 3. The topological polar surface area (TPSA) is 81.7 Å². The first-order valence-corrected chi connectivity index (χ1v) is 9.09. The van der Waals surface area contributed by atoms with Gasteiger partial charge in [0.05, 0.1) is 17.7 Å². The molecular weight excluding hydrogens is 354 g/mol. The summed E-state index contributed by atoms with van der Waals surface area (Å²) in [5.41, 5.74) is 1.62. The van der Waals surface area contributed by atoms with E-state index in [0.717, 1.165) is 16.9 Å². The van der Waals surface area contributed by atoms with E-state index in [4.69, 9.17) is 9.47 Å². The van der Waals surface area contributed by atoms with Crippen LogP contribution in [0.4, 0.5) is 5.00 Å². The lowest BCUT2D eigenvalue weighted by Crippen LogP contribution is -2.21. The molecule has 2 rings (SSSR count). The minimum atomic E-state index is -0.574. The van der Waals surface area contributed by atoms with Gasteiger partial charge in [0.2, 0.25) is 0 Å². The Hall–Kier alpha value is -2.67. The number of amides is 1. The Bertz CT molecular complexity index is 812. The number of aryl methyl sites for hydroxylation is 2. The predicted molar refractivity (Wildman–Crippen MR) is 99.7 cm³/mol. The number of ether oxygens (including phenoxy) is 2. The minimum absolute atomic E-state index is 0.248. The van der Waals surface area contributed by atoms with Crippen molar-refractivity contribution in [2.75, 3.05) is 18.5 Å². The first-order valence-electron chi connectivity index (χ1n) is 8.28. The average Bonchev–Trinajstić information content (AvgIpc) is 3.03. The Morgan fingerprint density at radius 2 is 1.85 bits per heavy atom. The highest BCUT2D eigenvalue weighted by molar-refractivity contribution is 7.16. The number of thiophene rings is 1. The smallest absolute Gasteiger partial charge is 0.341 e. The van der Waals surface area contributed by atoms with E-state index in [1.807, 2.05) is 19.9 Å². The van der Waals surface area contributed by atoms with Crippen LogP contribution in [0.15, 0.2) is 30.3 Å². The van der Waals surface area contributed by atoms with E-state index >= 15 is 0 Å². The van der Waals surface area contributed by atoms with Gasteiger partial charge in [-0.3, -0.25) is 4.79 Å². The fourth-order valence-electron chi connectivity index (χ4n) is 2.22. The van der Waals surface area contributed by atoms with Crippen LogP contribution in [-0.2, 0) is 20.7 Å². The Labute approximate surface area is 156 Å². The molecule has 0 spiro atoms. The standard InChI is InChI=1S/C19H21NO5S/c1-4-14-10-15(19(23)24-5-2)17(26-14)20-16(21)11-25-18(22)13-8-6-7-12(3)9-13/h6-10H,4-5,11H2,1-3H3,(H,20,21). The fourth-order valence-corrected chi connectivity index (χ4v) is 3.22. The molecule has 0 aliphatic carbocycles. The summed E-state index contributed by atoms with van der Waals surface area (Å²) >= 11 is 1.30. The van der Waals surface area contributed by atoms with Crippen LogP contribution >= 0.6 is 11.3 Å². The highest BCUT2D eigenvalue weighted by Gasteiger charge is 2.19. The Morgan fingerprint density at radius 3 is 2.50 bits per heavy atom. The number of esters is 2. The molecule has 0 fully saturated rings. The zero-order chi connectivity index (χ0) is 19.1. The second kappa shape index (κ2) is 9.15.